The summed E-state index contributed by atoms with van der Waals surface area (Å²) in [7, 11) is 0. The molecule has 5 heteroatoms. The van der Waals surface area contributed by atoms with Crippen LogP contribution in [0, 0.1) is 11.8 Å². The molecule has 2 amide bonds. The Bertz CT molecular complexity index is 348. The zero-order chi connectivity index (χ0) is 13.1. The standard InChI is InChI=1S/C13H20N2O2S/c14-11(18)6-1-2-7-15-12(16)9-4-3-5-10(8-9)13(15)17/h9-10H,1-8H2,(H2,14,18). The molecule has 1 saturated carbocycles. The van der Waals surface area contributed by atoms with Crippen LogP contribution in [0.3, 0.4) is 0 Å². The van der Waals surface area contributed by atoms with E-state index in [0.717, 1.165) is 38.5 Å². The van der Waals surface area contributed by atoms with Crippen molar-refractivity contribution < 1.29 is 9.59 Å². The van der Waals surface area contributed by atoms with E-state index in [1.807, 2.05) is 0 Å². The maximum atomic E-state index is 12.1. The lowest BCUT2D eigenvalue weighted by atomic mass is 9.77. The minimum Gasteiger partial charge on any atom is -0.393 e. The summed E-state index contributed by atoms with van der Waals surface area (Å²) in [5.74, 6) is 0.284. The Hall–Kier alpha value is -0.970. The molecular formula is C13H20N2O2S. The lowest BCUT2D eigenvalue weighted by molar-refractivity contribution is -0.158. The zero-order valence-corrected chi connectivity index (χ0v) is 11.4. The van der Waals surface area contributed by atoms with Crippen molar-refractivity contribution in [2.24, 2.45) is 17.6 Å². The second-order valence-electron chi connectivity index (χ2n) is 5.31. The molecule has 0 aromatic rings. The molecule has 2 N–H and O–H groups in total. The molecule has 2 atom stereocenters. The predicted octanol–water partition coefficient (Wildman–Crippen LogP) is 1.62. The molecule has 0 aromatic heterocycles. The van der Waals surface area contributed by atoms with Crippen LogP contribution in [0.5, 0.6) is 0 Å². The van der Waals surface area contributed by atoms with Crippen LogP contribution in [0.25, 0.3) is 0 Å². The van der Waals surface area contributed by atoms with Crippen LogP contribution >= 0.6 is 12.2 Å². The average Bonchev–Trinajstić information content (AvgIpc) is 2.36. The third kappa shape index (κ3) is 2.88. The molecule has 2 aliphatic rings. The lowest BCUT2D eigenvalue weighted by Gasteiger charge is -2.39. The maximum Gasteiger partial charge on any atom is 0.232 e. The summed E-state index contributed by atoms with van der Waals surface area (Å²) in [5, 5.41) is 0. The number of nitrogens with zero attached hydrogens (tertiary/aromatic N) is 1. The maximum absolute atomic E-state index is 12.1. The van der Waals surface area contributed by atoms with Crippen molar-refractivity contribution >= 4 is 29.0 Å². The van der Waals surface area contributed by atoms with E-state index in [0.29, 0.717) is 18.0 Å². The number of rotatable bonds is 5. The third-order valence-corrected chi connectivity index (χ3v) is 4.16. The Labute approximate surface area is 113 Å². The first kappa shape index (κ1) is 13.5. The summed E-state index contributed by atoms with van der Waals surface area (Å²) in [6.45, 7) is 0.535. The normalized spacial score (nSPS) is 27.4. The molecule has 2 unspecified atom stereocenters. The Morgan fingerprint density at radius 3 is 2.39 bits per heavy atom. The molecule has 0 aromatic carbocycles. The molecule has 1 aliphatic heterocycles. The first-order valence-electron chi connectivity index (χ1n) is 6.73. The summed E-state index contributed by atoms with van der Waals surface area (Å²) < 4.78 is 0. The number of carbonyl (C=O) groups excluding carboxylic acids is 2. The van der Waals surface area contributed by atoms with Crippen LogP contribution in [-0.2, 0) is 9.59 Å². The average molecular weight is 268 g/mol. The monoisotopic (exact) mass is 268 g/mol. The number of thiocarbonyl (C=S) groups is 1. The first-order valence-corrected chi connectivity index (χ1v) is 7.14. The van der Waals surface area contributed by atoms with Gasteiger partial charge < -0.3 is 5.73 Å². The van der Waals surface area contributed by atoms with Gasteiger partial charge in [-0.2, -0.15) is 0 Å². The second kappa shape index (κ2) is 5.78. The van der Waals surface area contributed by atoms with E-state index in [1.54, 1.807) is 0 Å². The van der Waals surface area contributed by atoms with E-state index in [2.05, 4.69) is 0 Å². The Morgan fingerprint density at radius 2 is 1.83 bits per heavy atom. The van der Waals surface area contributed by atoms with E-state index < -0.39 is 0 Å². The number of likely N-dealkylation sites (tertiary alicyclic amines) is 1. The third-order valence-electron chi connectivity index (χ3n) is 3.96. The van der Waals surface area contributed by atoms with Crippen LogP contribution in [-0.4, -0.2) is 28.2 Å². The van der Waals surface area contributed by atoms with E-state index in [-0.39, 0.29) is 23.7 Å². The van der Waals surface area contributed by atoms with E-state index in [9.17, 15) is 9.59 Å². The Balaban J connectivity index is 1.88. The number of hydrogen-bond donors (Lipinski definition) is 1. The van der Waals surface area contributed by atoms with E-state index in [4.69, 9.17) is 18.0 Å². The van der Waals surface area contributed by atoms with E-state index in [1.165, 1.54) is 4.90 Å². The second-order valence-corrected chi connectivity index (χ2v) is 5.84. The van der Waals surface area contributed by atoms with Gasteiger partial charge in [0, 0.05) is 18.4 Å². The summed E-state index contributed by atoms with van der Waals surface area (Å²) in [6.07, 6.45) is 6.04. The van der Waals surface area contributed by atoms with Gasteiger partial charge in [0.25, 0.3) is 0 Å². The highest BCUT2D eigenvalue weighted by Crippen LogP contribution is 2.36. The highest BCUT2D eigenvalue weighted by Gasteiger charge is 2.42. The molecule has 100 valence electrons. The van der Waals surface area contributed by atoms with Gasteiger partial charge in [-0.3, -0.25) is 14.5 Å². The molecule has 0 radical (unpaired) electrons. The molecule has 2 bridgehead atoms. The van der Waals surface area contributed by atoms with Crippen LogP contribution in [0.4, 0.5) is 0 Å². The first-order chi connectivity index (χ1) is 8.59. The van der Waals surface area contributed by atoms with Gasteiger partial charge in [0.1, 0.15) is 0 Å². The number of unbranched alkanes of at least 4 members (excludes halogenated alkanes) is 1. The van der Waals surface area contributed by atoms with Gasteiger partial charge in [0.15, 0.2) is 0 Å². The quantitative estimate of drug-likeness (QED) is 0.467. The van der Waals surface area contributed by atoms with Crippen LogP contribution in [0.2, 0.25) is 0 Å². The number of fused-ring (bicyclic) bond motifs is 2. The van der Waals surface area contributed by atoms with E-state index >= 15 is 0 Å². The lowest BCUT2D eigenvalue weighted by Crippen LogP contribution is -2.51. The number of imide groups is 1. The minimum atomic E-state index is 0.0475. The van der Waals surface area contributed by atoms with Crippen molar-refractivity contribution in [3.05, 3.63) is 0 Å². The summed E-state index contributed by atoms with van der Waals surface area (Å²) in [5.41, 5.74) is 5.43. The molecule has 18 heavy (non-hydrogen) atoms. The van der Waals surface area contributed by atoms with Gasteiger partial charge in [-0.15, -0.1) is 0 Å². The highest BCUT2D eigenvalue weighted by molar-refractivity contribution is 7.80. The minimum absolute atomic E-state index is 0.0475. The van der Waals surface area contributed by atoms with Crippen molar-refractivity contribution in [2.45, 2.75) is 44.9 Å². The van der Waals surface area contributed by atoms with Gasteiger partial charge in [-0.05, 0) is 38.5 Å². The smallest absolute Gasteiger partial charge is 0.232 e. The molecule has 4 nitrogen and oxygen atoms in total. The molecular weight excluding hydrogens is 248 g/mol. The number of piperidine rings is 1. The van der Waals surface area contributed by atoms with Crippen LogP contribution in [0.1, 0.15) is 44.9 Å². The number of carbonyl (C=O) groups is 2. The Kier molecular flexibility index (Phi) is 4.32. The summed E-state index contributed by atoms with van der Waals surface area (Å²) in [4.78, 5) is 26.2. The van der Waals surface area contributed by atoms with Crippen LogP contribution < -0.4 is 5.73 Å². The molecule has 2 fully saturated rings. The van der Waals surface area contributed by atoms with Gasteiger partial charge in [0.2, 0.25) is 11.8 Å². The molecule has 2 rings (SSSR count). The van der Waals surface area contributed by atoms with Gasteiger partial charge in [0.05, 0.1) is 4.99 Å². The van der Waals surface area contributed by atoms with Crippen molar-refractivity contribution in [1.29, 1.82) is 0 Å². The zero-order valence-electron chi connectivity index (χ0n) is 10.6. The van der Waals surface area contributed by atoms with Gasteiger partial charge >= 0.3 is 0 Å². The number of hydrogen-bond acceptors (Lipinski definition) is 3. The molecule has 1 aliphatic carbocycles. The van der Waals surface area contributed by atoms with Crippen molar-refractivity contribution in [2.75, 3.05) is 6.54 Å². The largest absolute Gasteiger partial charge is 0.393 e. The summed E-state index contributed by atoms with van der Waals surface area (Å²) in [6, 6.07) is 0. The molecule has 1 heterocycles. The van der Waals surface area contributed by atoms with Gasteiger partial charge in [-0.1, -0.05) is 18.6 Å². The fraction of sp³-hybridized carbons (Fsp3) is 0.769. The number of nitrogens with two attached hydrogens (primary N) is 1. The molecule has 1 saturated heterocycles. The van der Waals surface area contributed by atoms with Crippen molar-refractivity contribution in [1.82, 2.24) is 4.90 Å². The fourth-order valence-electron chi connectivity index (χ4n) is 2.98. The van der Waals surface area contributed by atoms with Crippen molar-refractivity contribution in [3.63, 3.8) is 0 Å². The SMILES string of the molecule is NC(=S)CCCCN1C(=O)C2CCCC(C2)C1=O. The van der Waals surface area contributed by atoms with Crippen molar-refractivity contribution in [3.8, 4) is 0 Å². The topological polar surface area (TPSA) is 63.4 Å². The Morgan fingerprint density at radius 1 is 1.22 bits per heavy atom. The van der Waals surface area contributed by atoms with Crippen LogP contribution in [0.15, 0.2) is 0 Å². The summed E-state index contributed by atoms with van der Waals surface area (Å²) >= 11 is 4.81. The number of amides is 2. The highest BCUT2D eigenvalue weighted by atomic mass is 32.1. The molecule has 0 spiro atoms. The fourth-order valence-corrected chi connectivity index (χ4v) is 3.12. The van der Waals surface area contributed by atoms with Gasteiger partial charge in [-0.25, -0.2) is 0 Å². The predicted molar refractivity (Wildman–Crippen MR) is 72.8 cm³/mol.